The van der Waals surface area contributed by atoms with Crippen LogP contribution in [-0.4, -0.2) is 33.9 Å². The number of aliphatic hydroxyl groups is 1. The van der Waals surface area contributed by atoms with Crippen LogP contribution >= 0.6 is 0 Å². The number of carbonyl (C=O) groups is 1. The van der Waals surface area contributed by atoms with Gasteiger partial charge in [0.05, 0.1) is 0 Å². The summed E-state index contributed by atoms with van der Waals surface area (Å²) in [6.45, 7) is 3.56. The Morgan fingerprint density at radius 2 is 2.11 bits per heavy atom. The molecule has 18 heavy (non-hydrogen) atoms. The van der Waals surface area contributed by atoms with Crippen LogP contribution in [0.2, 0.25) is 0 Å². The third-order valence-electron chi connectivity index (χ3n) is 2.38. The molecule has 0 aliphatic rings. The van der Waals surface area contributed by atoms with E-state index in [-0.39, 0.29) is 19.7 Å². The standard InChI is InChI=1S/C11H17N3O4/c1-11(2,7-15)6-12-9(17)5-14-10(18)4-3-8(16)13-14/h3-4,15H,5-7H2,1-2H3,(H,12,17)(H,13,16). The topological polar surface area (TPSA) is 104 Å². The molecular weight excluding hydrogens is 238 g/mol. The first kappa shape index (κ1) is 14.2. The van der Waals surface area contributed by atoms with Crippen molar-refractivity contribution >= 4 is 5.91 Å². The highest BCUT2D eigenvalue weighted by Gasteiger charge is 2.17. The number of nitrogens with zero attached hydrogens (tertiary/aromatic N) is 1. The molecule has 0 unspecified atom stereocenters. The lowest BCUT2D eigenvalue weighted by Gasteiger charge is -2.21. The van der Waals surface area contributed by atoms with Crippen LogP contribution in [0.15, 0.2) is 21.7 Å². The van der Waals surface area contributed by atoms with Crippen molar-refractivity contribution in [1.29, 1.82) is 0 Å². The van der Waals surface area contributed by atoms with Crippen molar-refractivity contribution in [3.8, 4) is 0 Å². The summed E-state index contributed by atoms with van der Waals surface area (Å²) in [6.07, 6.45) is 0. The smallest absolute Gasteiger partial charge is 0.265 e. The summed E-state index contributed by atoms with van der Waals surface area (Å²) in [4.78, 5) is 33.9. The molecule has 7 nitrogen and oxygen atoms in total. The van der Waals surface area contributed by atoms with Gasteiger partial charge in [0.25, 0.3) is 11.1 Å². The number of hydrogen-bond donors (Lipinski definition) is 3. The SMILES string of the molecule is CC(C)(CO)CNC(=O)Cn1[nH]c(=O)ccc1=O. The number of aromatic nitrogens is 2. The van der Waals surface area contributed by atoms with Crippen LogP contribution < -0.4 is 16.4 Å². The Morgan fingerprint density at radius 1 is 1.44 bits per heavy atom. The minimum absolute atomic E-state index is 0.0601. The minimum Gasteiger partial charge on any atom is -0.396 e. The third-order valence-corrected chi connectivity index (χ3v) is 2.38. The molecule has 1 rings (SSSR count). The number of rotatable bonds is 5. The maximum absolute atomic E-state index is 11.6. The predicted molar refractivity (Wildman–Crippen MR) is 65.2 cm³/mol. The molecular formula is C11H17N3O4. The van der Waals surface area contributed by atoms with E-state index in [2.05, 4.69) is 10.4 Å². The fraction of sp³-hybridized carbons (Fsp3) is 0.545. The van der Waals surface area contributed by atoms with Gasteiger partial charge in [0.15, 0.2) is 0 Å². The van der Waals surface area contributed by atoms with Gasteiger partial charge in [-0.1, -0.05) is 13.8 Å². The largest absolute Gasteiger partial charge is 0.396 e. The summed E-state index contributed by atoms with van der Waals surface area (Å²) >= 11 is 0. The Balaban J connectivity index is 2.63. The van der Waals surface area contributed by atoms with Crippen LogP contribution in [0.4, 0.5) is 0 Å². The summed E-state index contributed by atoms with van der Waals surface area (Å²) in [7, 11) is 0. The van der Waals surface area contributed by atoms with E-state index in [1.807, 2.05) is 0 Å². The molecule has 0 atom stereocenters. The summed E-state index contributed by atoms with van der Waals surface area (Å²) < 4.78 is 0.934. The van der Waals surface area contributed by atoms with Crippen molar-refractivity contribution < 1.29 is 9.90 Å². The Hall–Kier alpha value is -1.89. The summed E-state index contributed by atoms with van der Waals surface area (Å²) in [5, 5.41) is 13.9. The first-order valence-electron chi connectivity index (χ1n) is 5.52. The molecule has 0 aliphatic heterocycles. The van der Waals surface area contributed by atoms with E-state index in [1.165, 1.54) is 0 Å². The summed E-state index contributed by atoms with van der Waals surface area (Å²) in [6, 6.07) is 2.20. The number of aromatic amines is 1. The third kappa shape index (κ3) is 4.17. The van der Waals surface area contributed by atoms with Crippen molar-refractivity contribution in [2.24, 2.45) is 5.41 Å². The fourth-order valence-electron chi connectivity index (χ4n) is 1.17. The molecule has 1 heterocycles. The maximum atomic E-state index is 11.6. The average Bonchev–Trinajstić information content (AvgIpc) is 2.31. The van der Waals surface area contributed by atoms with Gasteiger partial charge < -0.3 is 10.4 Å². The number of carbonyl (C=O) groups excluding carboxylic acids is 1. The van der Waals surface area contributed by atoms with Gasteiger partial charge in [-0.05, 0) is 0 Å². The van der Waals surface area contributed by atoms with Gasteiger partial charge in [0, 0.05) is 30.7 Å². The van der Waals surface area contributed by atoms with Crippen molar-refractivity contribution in [2.75, 3.05) is 13.2 Å². The molecule has 0 saturated carbocycles. The van der Waals surface area contributed by atoms with Crippen molar-refractivity contribution in [3.63, 3.8) is 0 Å². The van der Waals surface area contributed by atoms with Gasteiger partial charge in [-0.15, -0.1) is 0 Å². The second kappa shape index (κ2) is 5.63. The van der Waals surface area contributed by atoms with E-state index in [4.69, 9.17) is 5.11 Å². The van der Waals surface area contributed by atoms with Crippen molar-refractivity contribution in [1.82, 2.24) is 15.1 Å². The van der Waals surface area contributed by atoms with Gasteiger partial charge >= 0.3 is 0 Å². The Labute approximate surface area is 103 Å². The van der Waals surface area contributed by atoms with E-state index >= 15 is 0 Å². The van der Waals surface area contributed by atoms with E-state index in [1.54, 1.807) is 13.8 Å². The van der Waals surface area contributed by atoms with Gasteiger partial charge in [-0.25, -0.2) is 4.68 Å². The van der Waals surface area contributed by atoms with Crippen molar-refractivity contribution in [3.05, 3.63) is 32.8 Å². The molecule has 7 heteroatoms. The monoisotopic (exact) mass is 255 g/mol. The number of aliphatic hydroxyl groups excluding tert-OH is 1. The van der Waals surface area contributed by atoms with Gasteiger partial charge in [0.2, 0.25) is 5.91 Å². The molecule has 0 aromatic carbocycles. The summed E-state index contributed by atoms with van der Waals surface area (Å²) in [5.74, 6) is -0.402. The molecule has 100 valence electrons. The highest BCUT2D eigenvalue weighted by Crippen LogP contribution is 2.10. The number of H-pyrrole nitrogens is 1. The van der Waals surface area contributed by atoms with Crippen LogP contribution in [0.25, 0.3) is 0 Å². The molecule has 1 aromatic heterocycles. The zero-order chi connectivity index (χ0) is 13.8. The molecule has 0 spiro atoms. The quantitative estimate of drug-likeness (QED) is 0.606. The molecule has 0 aliphatic carbocycles. The number of nitrogens with one attached hydrogen (secondary N) is 2. The van der Waals surface area contributed by atoms with Crippen LogP contribution in [-0.2, 0) is 11.3 Å². The predicted octanol–water partition coefficient (Wildman–Crippen LogP) is -1.33. The normalized spacial score (nSPS) is 11.3. The first-order chi connectivity index (χ1) is 8.34. The molecule has 0 saturated heterocycles. The van der Waals surface area contributed by atoms with Gasteiger partial charge in [-0.2, -0.15) is 0 Å². The Bertz CT molecular complexity index is 530. The van der Waals surface area contributed by atoms with E-state index in [9.17, 15) is 14.4 Å². The van der Waals surface area contributed by atoms with Gasteiger partial charge in [0.1, 0.15) is 6.54 Å². The number of hydrogen-bond acceptors (Lipinski definition) is 4. The highest BCUT2D eigenvalue weighted by molar-refractivity contribution is 5.75. The van der Waals surface area contributed by atoms with Crippen LogP contribution in [0.3, 0.4) is 0 Å². The lowest BCUT2D eigenvalue weighted by molar-refractivity contribution is -0.122. The zero-order valence-electron chi connectivity index (χ0n) is 10.4. The molecule has 1 amide bonds. The summed E-state index contributed by atoms with van der Waals surface area (Å²) in [5.41, 5.74) is -1.32. The molecule has 1 aromatic rings. The first-order valence-corrected chi connectivity index (χ1v) is 5.52. The van der Waals surface area contributed by atoms with Gasteiger partial charge in [-0.3, -0.25) is 19.5 Å². The maximum Gasteiger partial charge on any atom is 0.265 e. The van der Waals surface area contributed by atoms with E-state index in [0.717, 1.165) is 16.8 Å². The molecule has 0 radical (unpaired) electrons. The minimum atomic E-state index is -0.453. The van der Waals surface area contributed by atoms with E-state index < -0.39 is 22.4 Å². The Morgan fingerprint density at radius 3 is 2.72 bits per heavy atom. The lowest BCUT2D eigenvalue weighted by Crippen LogP contribution is -2.40. The van der Waals surface area contributed by atoms with Crippen LogP contribution in [0, 0.1) is 5.41 Å². The molecule has 3 N–H and O–H groups in total. The van der Waals surface area contributed by atoms with Crippen molar-refractivity contribution in [2.45, 2.75) is 20.4 Å². The highest BCUT2D eigenvalue weighted by atomic mass is 16.3. The second-order valence-electron chi connectivity index (χ2n) is 4.83. The van der Waals surface area contributed by atoms with Crippen LogP contribution in [0.1, 0.15) is 13.8 Å². The number of amides is 1. The van der Waals surface area contributed by atoms with Crippen LogP contribution in [0.5, 0.6) is 0 Å². The zero-order valence-corrected chi connectivity index (χ0v) is 10.4. The Kier molecular flexibility index (Phi) is 4.43. The fourth-order valence-corrected chi connectivity index (χ4v) is 1.17. The van der Waals surface area contributed by atoms with E-state index in [0.29, 0.717) is 0 Å². The average molecular weight is 255 g/mol. The lowest BCUT2D eigenvalue weighted by atomic mass is 9.95. The second-order valence-corrected chi connectivity index (χ2v) is 4.83. The molecule has 0 fully saturated rings. The molecule has 0 bridgehead atoms.